The van der Waals surface area contributed by atoms with Crippen molar-refractivity contribution in [2.24, 2.45) is 0 Å². The van der Waals surface area contributed by atoms with Crippen molar-refractivity contribution in [1.29, 1.82) is 0 Å². The molecule has 0 aliphatic carbocycles. The molecule has 2 nitrogen and oxygen atoms in total. The Balaban J connectivity index is 2.14. The van der Waals surface area contributed by atoms with Crippen LogP contribution in [0.15, 0.2) is 0 Å². The van der Waals surface area contributed by atoms with Crippen molar-refractivity contribution in [3.05, 3.63) is 0 Å². The first-order chi connectivity index (χ1) is 5.43. The molecule has 1 fully saturated rings. The number of rotatable bonds is 3. The average Bonchev–Trinajstić information content (AvgIpc) is 2.28. The minimum Gasteiger partial charge on any atom is -0.303 e. The van der Waals surface area contributed by atoms with Crippen LogP contribution in [0.4, 0.5) is 0 Å². The Labute approximate surface area is 72.3 Å². The van der Waals surface area contributed by atoms with E-state index in [1.54, 1.807) is 0 Å². The summed E-state index contributed by atoms with van der Waals surface area (Å²) in [5, 5.41) is 0. The lowest BCUT2D eigenvalue weighted by Gasteiger charge is -2.17. The van der Waals surface area contributed by atoms with Gasteiger partial charge in [0.15, 0.2) is 0 Å². The molecular formula is C8H15NOS. The molecule has 0 aromatic rings. The summed E-state index contributed by atoms with van der Waals surface area (Å²) in [6.45, 7) is 3.31. The highest BCUT2D eigenvalue weighted by Crippen LogP contribution is 2.09. The number of nitrogens with zero attached hydrogens (tertiary/aromatic N) is 1. The number of hydrogen-bond donors (Lipinski definition) is 0. The molecule has 1 rings (SSSR count). The summed E-state index contributed by atoms with van der Waals surface area (Å²) in [4.78, 5) is 12.5. The molecule has 0 atom stereocenters. The van der Waals surface area contributed by atoms with Gasteiger partial charge in [0.25, 0.3) is 0 Å². The largest absolute Gasteiger partial charge is 0.303 e. The van der Waals surface area contributed by atoms with E-state index in [0.717, 1.165) is 12.8 Å². The first-order valence-electron chi connectivity index (χ1n) is 4.17. The van der Waals surface area contributed by atoms with Gasteiger partial charge in [-0.25, -0.2) is 0 Å². The van der Waals surface area contributed by atoms with Crippen LogP contribution in [0.1, 0.15) is 12.8 Å². The number of aldehydes is 1. The highest BCUT2D eigenvalue weighted by Gasteiger charge is 2.07. The van der Waals surface area contributed by atoms with Crippen molar-refractivity contribution in [1.82, 2.24) is 4.90 Å². The fourth-order valence-electron chi connectivity index (χ4n) is 1.26. The molecule has 0 radical (unpaired) electrons. The maximum atomic E-state index is 10.1. The number of carbonyl (C=O) groups excluding carboxylic acids is 1. The van der Waals surface area contributed by atoms with E-state index in [-0.39, 0.29) is 0 Å². The highest BCUT2D eigenvalue weighted by atomic mass is 32.2. The first kappa shape index (κ1) is 9.07. The quantitative estimate of drug-likeness (QED) is 0.594. The normalized spacial score (nSPS) is 21.1. The zero-order chi connectivity index (χ0) is 7.94. The van der Waals surface area contributed by atoms with Gasteiger partial charge in [-0.2, -0.15) is 11.8 Å². The molecular weight excluding hydrogens is 158 g/mol. The fourth-order valence-corrected chi connectivity index (χ4v) is 2.18. The minimum atomic E-state index is 0.699. The Kier molecular flexibility index (Phi) is 4.62. The number of hydrogen-bond acceptors (Lipinski definition) is 3. The molecule has 0 bridgehead atoms. The molecule has 64 valence electrons. The lowest BCUT2D eigenvalue weighted by molar-refractivity contribution is -0.108. The van der Waals surface area contributed by atoms with Crippen LogP contribution < -0.4 is 0 Å². The van der Waals surface area contributed by atoms with E-state index >= 15 is 0 Å². The first-order valence-corrected chi connectivity index (χ1v) is 5.32. The highest BCUT2D eigenvalue weighted by molar-refractivity contribution is 7.99. The second-order valence-electron chi connectivity index (χ2n) is 2.76. The van der Waals surface area contributed by atoms with Crippen LogP contribution in [0, 0.1) is 0 Å². The van der Waals surface area contributed by atoms with Gasteiger partial charge in [0.05, 0.1) is 0 Å². The van der Waals surface area contributed by atoms with Gasteiger partial charge in [0, 0.05) is 25.3 Å². The zero-order valence-corrected chi connectivity index (χ0v) is 7.61. The predicted octanol–water partition coefficient (Wildman–Crippen LogP) is 1.01. The van der Waals surface area contributed by atoms with Crippen LogP contribution in [-0.4, -0.2) is 42.3 Å². The maximum absolute atomic E-state index is 10.1. The summed E-state index contributed by atoms with van der Waals surface area (Å²) in [5.74, 6) is 2.52. The zero-order valence-electron chi connectivity index (χ0n) is 6.79. The second-order valence-corrected chi connectivity index (χ2v) is 3.99. The lowest BCUT2D eigenvalue weighted by atomic mass is 10.3. The van der Waals surface area contributed by atoms with Gasteiger partial charge in [-0.15, -0.1) is 0 Å². The van der Waals surface area contributed by atoms with Crippen LogP contribution in [0.3, 0.4) is 0 Å². The summed E-state index contributed by atoms with van der Waals surface area (Å²) in [7, 11) is 0. The maximum Gasteiger partial charge on any atom is 0.121 e. The van der Waals surface area contributed by atoms with Crippen molar-refractivity contribution < 1.29 is 4.79 Å². The van der Waals surface area contributed by atoms with E-state index < -0.39 is 0 Å². The molecule has 11 heavy (non-hydrogen) atoms. The second kappa shape index (κ2) is 5.61. The van der Waals surface area contributed by atoms with Gasteiger partial charge in [-0.3, -0.25) is 0 Å². The molecule has 0 aromatic heterocycles. The smallest absolute Gasteiger partial charge is 0.121 e. The molecule has 3 heteroatoms. The Morgan fingerprint density at radius 2 is 2.27 bits per heavy atom. The molecule has 0 amide bonds. The minimum absolute atomic E-state index is 0.699. The molecule has 0 unspecified atom stereocenters. The van der Waals surface area contributed by atoms with Gasteiger partial charge in [-0.1, -0.05) is 0 Å². The van der Waals surface area contributed by atoms with E-state index in [0.29, 0.717) is 6.42 Å². The molecule has 1 saturated heterocycles. The van der Waals surface area contributed by atoms with E-state index in [1.165, 1.54) is 31.0 Å². The van der Waals surface area contributed by atoms with Crippen LogP contribution >= 0.6 is 11.8 Å². The SMILES string of the molecule is O=CCCN1CCCSCC1. The van der Waals surface area contributed by atoms with Gasteiger partial charge in [0.2, 0.25) is 0 Å². The third kappa shape index (κ3) is 3.77. The van der Waals surface area contributed by atoms with Crippen molar-refractivity contribution in [3.63, 3.8) is 0 Å². The van der Waals surface area contributed by atoms with Crippen molar-refractivity contribution in [2.45, 2.75) is 12.8 Å². The van der Waals surface area contributed by atoms with Crippen molar-refractivity contribution in [3.8, 4) is 0 Å². The van der Waals surface area contributed by atoms with E-state index in [4.69, 9.17) is 0 Å². The predicted molar refractivity (Wildman–Crippen MR) is 49.1 cm³/mol. The molecule has 1 aliphatic rings. The summed E-state index contributed by atoms with van der Waals surface area (Å²) in [5.41, 5.74) is 0. The standard InChI is InChI=1S/C8H15NOS/c10-6-1-3-9-4-2-7-11-8-5-9/h6H,1-5,7-8H2. The Hall–Kier alpha value is -0.0200. The summed E-state index contributed by atoms with van der Waals surface area (Å²) >= 11 is 2.02. The van der Waals surface area contributed by atoms with Gasteiger partial charge in [0.1, 0.15) is 6.29 Å². The molecule has 0 spiro atoms. The monoisotopic (exact) mass is 173 g/mol. The van der Waals surface area contributed by atoms with Gasteiger partial charge in [-0.05, 0) is 18.7 Å². The van der Waals surface area contributed by atoms with Crippen molar-refractivity contribution in [2.75, 3.05) is 31.1 Å². The fraction of sp³-hybridized carbons (Fsp3) is 0.875. The Bertz CT molecular complexity index is 111. The summed E-state index contributed by atoms with van der Waals surface area (Å²) < 4.78 is 0. The van der Waals surface area contributed by atoms with E-state index in [2.05, 4.69) is 4.90 Å². The van der Waals surface area contributed by atoms with Crippen LogP contribution in [0.2, 0.25) is 0 Å². The Morgan fingerprint density at radius 3 is 3.09 bits per heavy atom. The average molecular weight is 173 g/mol. The van der Waals surface area contributed by atoms with E-state index in [1.807, 2.05) is 11.8 Å². The van der Waals surface area contributed by atoms with Crippen molar-refractivity contribution >= 4 is 18.0 Å². The topological polar surface area (TPSA) is 20.3 Å². The van der Waals surface area contributed by atoms with E-state index in [9.17, 15) is 4.79 Å². The summed E-state index contributed by atoms with van der Waals surface area (Å²) in [6, 6.07) is 0. The molecule has 0 saturated carbocycles. The van der Waals surface area contributed by atoms with Gasteiger partial charge >= 0.3 is 0 Å². The van der Waals surface area contributed by atoms with Crippen LogP contribution in [-0.2, 0) is 4.79 Å². The third-order valence-electron chi connectivity index (χ3n) is 1.88. The summed E-state index contributed by atoms with van der Waals surface area (Å²) in [6.07, 6.45) is 2.99. The van der Waals surface area contributed by atoms with Crippen LogP contribution in [0.25, 0.3) is 0 Å². The Morgan fingerprint density at radius 1 is 1.36 bits per heavy atom. The molecule has 1 aliphatic heterocycles. The van der Waals surface area contributed by atoms with Gasteiger partial charge < -0.3 is 9.69 Å². The molecule has 1 heterocycles. The number of carbonyl (C=O) groups is 1. The molecule has 0 aromatic carbocycles. The number of thioether (sulfide) groups is 1. The third-order valence-corrected chi connectivity index (χ3v) is 2.93. The van der Waals surface area contributed by atoms with Crippen LogP contribution in [0.5, 0.6) is 0 Å². The molecule has 0 N–H and O–H groups in total. The lowest BCUT2D eigenvalue weighted by Crippen LogP contribution is -2.27.